The lowest BCUT2D eigenvalue weighted by molar-refractivity contribution is 0.625. The summed E-state index contributed by atoms with van der Waals surface area (Å²) < 4.78 is 14.0. The van der Waals surface area contributed by atoms with Gasteiger partial charge in [-0.05, 0) is 35.9 Å². The Hall–Kier alpha value is -1.20. The van der Waals surface area contributed by atoms with Crippen molar-refractivity contribution in [2.75, 3.05) is 22.9 Å². The summed E-state index contributed by atoms with van der Waals surface area (Å²) in [7, 11) is 0. The molecule has 1 heterocycles. The summed E-state index contributed by atoms with van der Waals surface area (Å²) in [5.41, 5.74) is 8.91. The van der Waals surface area contributed by atoms with E-state index in [-0.39, 0.29) is 5.82 Å². The maximum absolute atomic E-state index is 13.2. The van der Waals surface area contributed by atoms with E-state index in [2.05, 4.69) is 26.9 Å². The second-order valence-electron chi connectivity index (χ2n) is 4.73. The van der Waals surface area contributed by atoms with Crippen LogP contribution in [-0.2, 0) is 6.54 Å². The second kappa shape index (κ2) is 5.66. The molecule has 0 amide bonds. The van der Waals surface area contributed by atoms with Gasteiger partial charge in [-0.2, -0.15) is 0 Å². The molecule has 104 valence electrons. The standard InChI is InChI=1S/C15H14BrFN2S/c16-13-7-11(17)2-1-10(13)9-19-5-6-20-15-4-3-12(18)8-14(15)19/h1-4,7-8H,5-6,9,18H2. The minimum Gasteiger partial charge on any atom is -0.399 e. The van der Waals surface area contributed by atoms with Gasteiger partial charge in [-0.3, -0.25) is 0 Å². The van der Waals surface area contributed by atoms with Crippen LogP contribution in [0.3, 0.4) is 0 Å². The maximum Gasteiger partial charge on any atom is 0.124 e. The SMILES string of the molecule is Nc1ccc2c(c1)N(Cc1ccc(F)cc1Br)CCS2. The van der Waals surface area contributed by atoms with Crippen LogP contribution in [0.5, 0.6) is 0 Å². The number of benzene rings is 2. The zero-order chi connectivity index (χ0) is 14.1. The number of rotatable bonds is 2. The van der Waals surface area contributed by atoms with Crippen LogP contribution >= 0.6 is 27.7 Å². The van der Waals surface area contributed by atoms with E-state index < -0.39 is 0 Å². The van der Waals surface area contributed by atoms with Crippen LogP contribution in [0.1, 0.15) is 5.56 Å². The number of halogens is 2. The van der Waals surface area contributed by atoms with E-state index in [1.807, 2.05) is 30.0 Å². The Labute approximate surface area is 130 Å². The fourth-order valence-electron chi connectivity index (χ4n) is 2.31. The fraction of sp³-hybridized carbons (Fsp3) is 0.200. The molecule has 0 saturated carbocycles. The molecule has 5 heteroatoms. The first-order valence-corrected chi connectivity index (χ1v) is 8.12. The zero-order valence-corrected chi connectivity index (χ0v) is 13.2. The van der Waals surface area contributed by atoms with E-state index in [9.17, 15) is 4.39 Å². The first kappa shape index (κ1) is 13.8. The lowest BCUT2D eigenvalue weighted by atomic mass is 10.2. The van der Waals surface area contributed by atoms with Crippen LogP contribution in [0.25, 0.3) is 0 Å². The summed E-state index contributed by atoms with van der Waals surface area (Å²) in [6.45, 7) is 1.71. The third-order valence-corrected chi connectivity index (χ3v) is 5.10. The summed E-state index contributed by atoms with van der Waals surface area (Å²) in [6.07, 6.45) is 0. The van der Waals surface area contributed by atoms with Crippen molar-refractivity contribution in [2.45, 2.75) is 11.4 Å². The van der Waals surface area contributed by atoms with Gasteiger partial charge in [0.05, 0.1) is 5.69 Å². The van der Waals surface area contributed by atoms with Gasteiger partial charge in [-0.15, -0.1) is 11.8 Å². The van der Waals surface area contributed by atoms with Gasteiger partial charge < -0.3 is 10.6 Å². The highest BCUT2D eigenvalue weighted by atomic mass is 79.9. The fourth-order valence-corrected chi connectivity index (χ4v) is 3.82. The number of nitrogens with zero attached hydrogens (tertiary/aromatic N) is 1. The van der Waals surface area contributed by atoms with E-state index in [1.54, 1.807) is 0 Å². The highest BCUT2D eigenvalue weighted by Crippen LogP contribution is 2.37. The molecule has 2 N–H and O–H groups in total. The highest BCUT2D eigenvalue weighted by molar-refractivity contribution is 9.10. The third-order valence-electron chi connectivity index (χ3n) is 3.32. The lowest BCUT2D eigenvalue weighted by Gasteiger charge is -2.31. The molecule has 0 aliphatic carbocycles. The molecular weight excluding hydrogens is 339 g/mol. The van der Waals surface area contributed by atoms with Gasteiger partial charge in [-0.1, -0.05) is 22.0 Å². The molecule has 1 aliphatic rings. The van der Waals surface area contributed by atoms with Gasteiger partial charge in [0, 0.05) is 33.9 Å². The van der Waals surface area contributed by atoms with Gasteiger partial charge in [0.25, 0.3) is 0 Å². The minimum absolute atomic E-state index is 0.223. The van der Waals surface area contributed by atoms with Crippen molar-refractivity contribution in [1.82, 2.24) is 0 Å². The Kier molecular flexibility index (Phi) is 3.89. The lowest BCUT2D eigenvalue weighted by Crippen LogP contribution is -2.28. The number of thioether (sulfide) groups is 1. The number of hydrogen-bond acceptors (Lipinski definition) is 3. The number of fused-ring (bicyclic) bond motifs is 1. The van der Waals surface area contributed by atoms with Crippen molar-refractivity contribution in [3.05, 3.63) is 52.3 Å². The Morgan fingerprint density at radius 1 is 1.25 bits per heavy atom. The molecular formula is C15H14BrFN2S. The normalized spacial score (nSPS) is 14.2. The molecule has 2 aromatic rings. The molecule has 0 spiro atoms. The van der Waals surface area contributed by atoms with Crippen LogP contribution in [-0.4, -0.2) is 12.3 Å². The van der Waals surface area contributed by atoms with E-state index >= 15 is 0 Å². The first-order valence-electron chi connectivity index (χ1n) is 6.35. The summed E-state index contributed by atoms with van der Waals surface area (Å²) >= 11 is 5.28. The minimum atomic E-state index is -0.223. The van der Waals surface area contributed by atoms with E-state index in [4.69, 9.17) is 5.73 Å². The number of anilines is 2. The van der Waals surface area contributed by atoms with E-state index in [0.717, 1.165) is 40.3 Å². The predicted molar refractivity (Wildman–Crippen MR) is 86.7 cm³/mol. The molecule has 20 heavy (non-hydrogen) atoms. The van der Waals surface area contributed by atoms with Crippen molar-refractivity contribution in [3.8, 4) is 0 Å². The third kappa shape index (κ3) is 2.79. The largest absolute Gasteiger partial charge is 0.399 e. The maximum atomic E-state index is 13.2. The van der Waals surface area contributed by atoms with Crippen LogP contribution in [0.15, 0.2) is 45.8 Å². The van der Waals surface area contributed by atoms with Gasteiger partial charge >= 0.3 is 0 Å². The van der Waals surface area contributed by atoms with Crippen molar-refractivity contribution >= 4 is 39.1 Å². The number of nitrogens with two attached hydrogens (primary N) is 1. The molecule has 2 aromatic carbocycles. The predicted octanol–water partition coefficient (Wildman–Crippen LogP) is 4.28. The highest BCUT2D eigenvalue weighted by Gasteiger charge is 2.18. The molecule has 0 aromatic heterocycles. The molecule has 3 rings (SSSR count). The zero-order valence-electron chi connectivity index (χ0n) is 10.8. The summed E-state index contributed by atoms with van der Waals surface area (Å²) in [4.78, 5) is 3.55. The molecule has 0 radical (unpaired) electrons. The van der Waals surface area contributed by atoms with Crippen molar-refractivity contribution in [1.29, 1.82) is 0 Å². The molecule has 0 unspecified atom stereocenters. The molecule has 0 atom stereocenters. The van der Waals surface area contributed by atoms with Crippen LogP contribution in [0.2, 0.25) is 0 Å². The topological polar surface area (TPSA) is 29.3 Å². The summed E-state index contributed by atoms with van der Waals surface area (Å²) in [5.74, 6) is 0.829. The Morgan fingerprint density at radius 3 is 2.90 bits per heavy atom. The van der Waals surface area contributed by atoms with Crippen LogP contribution in [0, 0.1) is 5.82 Å². The quantitative estimate of drug-likeness (QED) is 0.817. The van der Waals surface area contributed by atoms with Crippen LogP contribution < -0.4 is 10.6 Å². The first-order chi connectivity index (χ1) is 9.63. The van der Waals surface area contributed by atoms with Gasteiger partial charge in [0.1, 0.15) is 5.82 Å². The van der Waals surface area contributed by atoms with E-state index in [1.165, 1.54) is 17.0 Å². The van der Waals surface area contributed by atoms with Crippen molar-refractivity contribution < 1.29 is 4.39 Å². The average molecular weight is 353 g/mol. The smallest absolute Gasteiger partial charge is 0.124 e. The molecule has 0 fully saturated rings. The summed E-state index contributed by atoms with van der Waals surface area (Å²) in [5, 5.41) is 0. The molecule has 0 saturated heterocycles. The monoisotopic (exact) mass is 352 g/mol. The Balaban J connectivity index is 1.91. The number of hydrogen-bond donors (Lipinski definition) is 1. The van der Waals surface area contributed by atoms with Gasteiger partial charge in [-0.25, -0.2) is 4.39 Å². The molecule has 2 nitrogen and oxygen atoms in total. The van der Waals surface area contributed by atoms with Gasteiger partial charge in [0.2, 0.25) is 0 Å². The number of nitrogen functional groups attached to an aromatic ring is 1. The average Bonchev–Trinajstić information content (AvgIpc) is 2.42. The molecule has 0 bridgehead atoms. The molecule has 1 aliphatic heterocycles. The Bertz CT molecular complexity index is 648. The second-order valence-corrected chi connectivity index (χ2v) is 6.72. The van der Waals surface area contributed by atoms with Gasteiger partial charge in [0.15, 0.2) is 0 Å². The van der Waals surface area contributed by atoms with Crippen molar-refractivity contribution in [2.24, 2.45) is 0 Å². The summed E-state index contributed by atoms with van der Waals surface area (Å²) in [6, 6.07) is 10.9. The van der Waals surface area contributed by atoms with Crippen molar-refractivity contribution in [3.63, 3.8) is 0 Å². The van der Waals surface area contributed by atoms with E-state index in [0.29, 0.717) is 0 Å². The van der Waals surface area contributed by atoms with Crippen LogP contribution in [0.4, 0.5) is 15.8 Å². The Morgan fingerprint density at radius 2 is 2.10 bits per heavy atom.